The van der Waals surface area contributed by atoms with E-state index < -0.39 is 29.7 Å². The van der Waals surface area contributed by atoms with E-state index >= 15 is 0 Å². The Labute approximate surface area is 100 Å². The van der Waals surface area contributed by atoms with Crippen LogP contribution in [0.3, 0.4) is 0 Å². The summed E-state index contributed by atoms with van der Waals surface area (Å²) in [6.45, 7) is 5.09. The van der Waals surface area contributed by atoms with Gasteiger partial charge in [0.15, 0.2) is 5.41 Å². The second-order valence-electron chi connectivity index (χ2n) is 3.52. The predicted molar refractivity (Wildman–Crippen MR) is 59.8 cm³/mol. The van der Waals surface area contributed by atoms with Crippen LogP contribution in [0.1, 0.15) is 33.6 Å². The number of rotatable bonds is 7. The zero-order valence-electron chi connectivity index (χ0n) is 10.4. The van der Waals surface area contributed by atoms with E-state index in [1.165, 1.54) is 0 Å². The third kappa shape index (κ3) is 3.72. The molecule has 6 heteroatoms. The molecule has 1 amide bonds. The number of esters is 2. The average Bonchev–Trinajstić information content (AvgIpc) is 2.26. The summed E-state index contributed by atoms with van der Waals surface area (Å²) >= 11 is 0. The lowest BCUT2D eigenvalue weighted by Gasteiger charge is -2.26. The van der Waals surface area contributed by atoms with E-state index in [0.717, 1.165) is 0 Å². The van der Waals surface area contributed by atoms with Gasteiger partial charge >= 0.3 is 11.9 Å². The highest BCUT2D eigenvalue weighted by Crippen LogP contribution is 2.30. The molecule has 17 heavy (non-hydrogen) atoms. The second kappa shape index (κ2) is 6.88. The summed E-state index contributed by atoms with van der Waals surface area (Å²) in [6.07, 6.45) is -0.297. The fraction of sp³-hybridized carbons (Fsp3) is 0.727. The number of carbonyl (C=O) groups is 3. The van der Waals surface area contributed by atoms with Gasteiger partial charge in [0.2, 0.25) is 5.91 Å². The first-order valence-electron chi connectivity index (χ1n) is 5.57. The summed E-state index contributed by atoms with van der Waals surface area (Å²) in [5.41, 5.74) is 3.45. The molecule has 0 unspecified atom stereocenters. The average molecular weight is 245 g/mol. The van der Waals surface area contributed by atoms with Crippen LogP contribution in [0.5, 0.6) is 0 Å². The van der Waals surface area contributed by atoms with Crippen LogP contribution in [0.25, 0.3) is 0 Å². The van der Waals surface area contributed by atoms with Gasteiger partial charge in [-0.25, -0.2) is 0 Å². The van der Waals surface area contributed by atoms with Gasteiger partial charge in [-0.1, -0.05) is 6.92 Å². The van der Waals surface area contributed by atoms with Gasteiger partial charge in [0.1, 0.15) is 0 Å². The van der Waals surface area contributed by atoms with Crippen LogP contribution in [0.15, 0.2) is 0 Å². The van der Waals surface area contributed by atoms with Crippen molar-refractivity contribution in [2.75, 3.05) is 13.2 Å². The standard InChI is InChI=1S/C11H19NO5/c1-4-11(7-8(12)13,9(14)16-5-2)10(15)17-6-3/h4-7H2,1-3H3,(H2,12,13). The molecule has 0 bridgehead atoms. The predicted octanol–water partition coefficient (Wildman–Crippen LogP) is 0.384. The zero-order chi connectivity index (χ0) is 13.5. The molecule has 0 spiro atoms. The minimum Gasteiger partial charge on any atom is -0.465 e. The molecule has 2 N–H and O–H groups in total. The fourth-order valence-electron chi connectivity index (χ4n) is 1.48. The molecule has 0 rings (SSSR count). The van der Waals surface area contributed by atoms with Crippen molar-refractivity contribution in [1.82, 2.24) is 0 Å². The van der Waals surface area contributed by atoms with E-state index in [-0.39, 0.29) is 19.6 Å². The molecule has 0 atom stereocenters. The van der Waals surface area contributed by atoms with Crippen LogP contribution >= 0.6 is 0 Å². The van der Waals surface area contributed by atoms with Crippen LogP contribution < -0.4 is 5.73 Å². The van der Waals surface area contributed by atoms with Crippen molar-refractivity contribution in [1.29, 1.82) is 0 Å². The van der Waals surface area contributed by atoms with Crippen LogP contribution in [-0.4, -0.2) is 31.1 Å². The number of carbonyl (C=O) groups excluding carboxylic acids is 3. The molecule has 0 aromatic rings. The third-order valence-electron chi connectivity index (χ3n) is 2.41. The highest BCUT2D eigenvalue weighted by atomic mass is 16.6. The maximum Gasteiger partial charge on any atom is 0.324 e. The molecule has 0 aliphatic carbocycles. The highest BCUT2D eigenvalue weighted by Gasteiger charge is 2.48. The second-order valence-corrected chi connectivity index (χ2v) is 3.52. The molecule has 0 aromatic heterocycles. The van der Waals surface area contributed by atoms with Gasteiger partial charge in [-0.2, -0.15) is 0 Å². The Morgan fingerprint density at radius 2 is 1.41 bits per heavy atom. The quantitative estimate of drug-likeness (QED) is 0.517. The first kappa shape index (κ1) is 15.4. The normalized spacial score (nSPS) is 10.8. The molecule has 6 nitrogen and oxygen atoms in total. The monoisotopic (exact) mass is 245 g/mol. The smallest absolute Gasteiger partial charge is 0.324 e. The van der Waals surface area contributed by atoms with Gasteiger partial charge in [0.05, 0.1) is 19.6 Å². The van der Waals surface area contributed by atoms with Crippen molar-refractivity contribution in [3.63, 3.8) is 0 Å². The molecule has 0 heterocycles. The number of primary amides is 1. The van der Waals surface area contributed by atoms with E-state index in [1.54, 1.807) is 20.8 Å². The summed E-state index contributed by atoms with van der Waals surface area (Å²) in [5, 5.41) is 0. The number of ether oxygens (including phenoxy) is 2. The van der Waals surface area contributed by atoms with E-state index in [0.29, 0.717) is 0 Å². The maximum atomic E-state index is 11.8. The van der Waals surface area contributed by atoms with Crippen molar-refractivity contribution in [2.24, 2.45) is 11.1 Å². The summed E-state index contributed by atoms with van der Waals surface area (Å²) in [4.78, 5) is 34.6. The van der Waals surface area contributed by atoms with Crippen molar-refractivity contribution in [3.8, 4) is 0 Å². The molecule has 0 aromatic carbocycles. The lowest BCUT2D eigenvalue weighted by Crippen LogP contribution is -2.44. The third-order valence-corrected chi connectivity index (χ3v) is 2.41. The van der Waals surface area contributed by atoms with Gasteiger partial charge in [0, 0.05) is 0 Å². The zero-order valence-corrected chi connectivity index (χ0v) is 10.4. The topological polar surface area (TPSA) is 95.7 Å². The minimum absolute atomic E-state index is 0.105. The molecule has 0 saturated heterocycles. The van der Waals surface area contributed by atoms with Crippen molar-refractivity contribution in [3.05, 3.63) is 0 Å². The van der Waals surface area contributed by atoms with Crippen LogP contribution in [0.2, 0.25) is 0 Å². The molecular weight excluding hydrogens is 226 g/mol. The van der Waals surface area contributed by atoms with E-state index in [4.69, 9.17) is 15.2 Å². The summed E-state index contributed by atoms with van der Waals surface area (Å²) in [5.74, 6) is -2.27. The Balaban J connectivity index is 5.19. The Morgan fingerprint density at radius 3 is 1.65 bits per heavy atom. The van der Waals surface area contributed by atoms with Crippen LogP contribution in [-0.2, 0) is 23.9 Å². The number of hydrogen-bond donors (Lipinski definition) is 1. The molecule has 0 aliphatic rings. The SMILES string of the molecule is CCOC(=O)C(CC)(CC(N)=O)C(=O)OCC. The Bertz CT molecular complexity index is 282. The van der Waals surface area contributed by atoms with Gasteiger partial charge in [-0.15, -0.1) is 0 Å². The Hall–Kier alpha value is -1.59. The molecule has 0 aliphatic heterocycles. The van der Waals surface area contributed by atoms with Crippen LogP contribution in [0, 0.1) is 5.41 Å². The number of hydrogen-bond acceptors (Lipinski definition) is 5. The van der Waals surface area contributed by atoms with Crippen molar-refractivity contribution >= 4 is 17.8 Å². The maximum absolute atomic E-state index is 11.8. The number of nitrogens with two attached hydrogens (primary N) is 1. The summed E-state index contributed by atoms with van der Waals surface area (Å²) in [6, 6.07) is 0. The summed E-state index contributed by atoms with van der Waals surface area (Å²) < 4.78 is 9.64. The van der Waals surface area contributed by atoms with E-state index in [1.807, 2.05) is 0 Å². The van der Waals surface area contributed by atoms with Crippen molar-refractivity contribution < 1.29 is 23.9 Å². The van der Waals surface area contributed by atoms with Gasteiger partial charge in [0.25, 0.3) is 0 Å². The molecule has 0 radical (unpaired) electrons. The largest absolute Gasteiger partial charge is 0.465 e. The summed E-state index contributed by atoms with van der Waals surface area (Å²) in [7, 11) is 0. The first-order chi connectivity index (χ1) is 7.94. The molecule has 98 valence electrons. The lowest BCUT2D eigenvalue weighted by atomic mass is 9.81. The molecule has 0 fully saturated rings. The Morgan fingerprint density at radius 1 is 1.00 bits per heavy atom. The van der Waals surface area contributed by atoms with Gasteiger partial charge in [-0.3, -0.25) is 14.4 Å². The number of amides is 1. The van der Waals surface area contributed by atoms with E-state index in [9.17, 15) is 14.4 Å². The highest BCUT2D eigenvalue weighted by molar-refractivity contribution is 6.03. The van der Waals surface area contributed by atoms with Crippen molar-refractivity contribution in [2.45, 2.75) is 33.6 Å². The minimum atomic E-state index is -1.61. The lowest BCUT2D eigenvalue weighted by molar-refractivity contribution is -0.174. The Kier molecular flexibility index (Phi) is 6.23. The van der Waals surface area contributed by atoms with Crippen LogP contribution in [0.4, 0.5) is 0 Å². The fourth-order valence-corrected chi connectivity index (χ4v) is 1.48. The molecular formula is C11H19NO5. The molecule has 0 saturated carbocycles. The van der Waals surface area contributed by atoms with E-state index in [2.05, 4.69) is 0 Å². The van der Waals surface area contributed by atoms with Gasteiger partial charge in [-0.05, 0) is 20.3 Å². The first-order valence-corrected chi connectivity index (χ1v) is 5.57. The van der Waals surface area contributed by atoms with Gasteiger partial charge < -0.3 is 15.2 Å².